The van der Waals surface area contributed by atoms with Crippen LogP contribution >= 0.6 is 0 Å². The van der Waals surface area contributed by atoms with Crippen LogP contribution in [0.1, 0.15) is 31.9 Å². The summed E-state index contributed by atoms with van der Waals surface area (Å²) in [6.45, 7) is 13.0. The lowest BCUT2D eigenvalue weighted by atomic mass is 9.86. The van der Waals surface area contributed by atoms with Crippen LogP contribution in [0, 0.1) is 6.92 Å². The van der Waals surface area contributed by atoms with Crippen molar-refractivity contribution in [3.63, 3.8) is 0 Å². The number of benzene rings is 1. The van der Waals surface area contributed by atoms with Gasteiger partial charge in [0.2, 0.25) is 0 Å². The highest BCUT2D eigenvalue weighted by Gasteiger charge is 2.14. The lowest BCUT2D eigenvalue weighted by Crippen LogP contribution is -2.24. The molecule has 0 aliphatic carbocycles. The Morgan fingerprint density at radius 1 is 1.00 bits per heavy atom. The predicted molar refractivity (Wildman–Crippen MR) is 90.9 cm³/mol. The molecule has 4 nitrogen and oxygen atoms in total. The molecule has 0 radical (unpaired) electrons. The fraction of sp³-hybridized carbons (Fsp3) is 0.667. The second-order valence-corrected chi connectivity index (χ2v) is 6.43. The second-order valence-electron chi connectivity index (χ2n) is 6.43. The van der Waals surface area contributed by atoms with Gasteiger partial charge in [-0.25, -0.2) is 0 Å². The number of nitrogens with one attached hydrogen (secondary N) is 1. The zero-order chi connectivity index (χ0) is 16.4. The molecule has 0 saturated carbocycles. The maximum atomic E-state index is 5.78. The molecule has 4 heteroatoms. The Labute approximate surface area is 135 Å². The van der Waals surface area contributed by atoms with E-state index < -0.39 is 0 Å². The number of ether oxygens (including phenoxy) is 3. The lowest BCUT2D eigenvalue weighted by Gasteiger charge is -2.20. The highest BCUT2D eigenvalue weighted by atomic mass is 16.5. The SMILES string of the molecule is COCCNCCOCCOc1ccc(C(C)(C)C)cc1C. The van der Waals surface area contributed by atoms with Crippen LogP contribution in [0.15, 0.2) is 18.2 Å². The van der Waals surface area contributed by atoms with Crippen LogP contribution in [-0.4, -0.2) is 46.6 Å². The van der Waals surface area contributed by atoms with Crippen molar-refractivity contribution in [3.8, 4) is 5.75 Å². The van der Waals surface area contributed by atoms with Gasteiger partial charge in [-0.1, -0.05) is 32.9 Å². The van der Waals surface area contributed by atoms with Crippen molar-refractivity contribution < 1.29 is 14.2 Å². The molecule has 1 N–H and O–H groups in total. The average molecular weight is 309 g/mol. The summed E-state index contributed by atoms with van der Waals surface area (Å²) in [6.07, 6.45) is 0. The zero-order valence-electron chi connectivity index (χ0n) is 14.7. The summed E-state index contributed by atoms with van der Waals surface area (Å²) in [5.41, 5.74) is 2.67. The normalized spacial score (nSPS) is 11.7. The topological polar surface area (TPSA) is 39.7 Å². The van der Waals surface area contributed by atoms with Crippen molar-refractivity contribution >= 4 is 0 Å². The van der Waals surface area contributed by atoms with Gasteiger partial charge in [-0.15, -0.1) is 0 Å². The Morgan fingerprint density at radius 3 is 2.36 bits per heavy atom. The average Bonchev–Trinajstić information content (AvgIpc) is 2.46. The van der Waals surface area contributed by atoms with Gasteiger partial charge in [0.05, 0.1) is 19.8 Å². The molecule has 0 aliphatic heterocycles. The Hall–Kier alpha value is -1.10. The van der Waals surface area contributed by atoms with E-state index in [9.17, 15) is 0 Å². The van der Waals surface area contributed by atoms with Crippen LogP contribution in [0.4, 0.5) is 0 Å². The van der Waals surface area contributed by atoms with E-state index in [1.807, 2.05) is 0 Å². The summed E-state index contributed by atoms with van der Waals surface area (Å²) in [4.78, 5) is 0. The molecule has 0 unspecified atom stereocenters. The summed E-state index contributed by atoms with van der Waals surface area (Å²) >= 11 is 0. The molecule has 22 heavy (non-hydrogen) atoms. The first-order valence-electron chi connectivity index (χ1n) is 7.96. The third kappa shape index (κ3) is 7.25. The standard InChI is InChI=1S/C18H31NO3/c1-15-14-16(18(2,3)4)6-7-17(15)22-13-12-21-11-9-19-8-10-20-5/h6-7,14,19H,8-13H2,1-5H3. The van der Waals surface area contributed by atoms with Gasteiger partial charge in [-0.3, -0.25) is 0 Å². The minimum atomic E-state index is 0.169. The van der Waals surface area contributed by atoms with E-state index in [0.717, 1.165) is 25.4 Å². The van der Waals surface area contributed by atoms with E-state index in [0.29, 0.717) is 19.8 Å². The highest BCUT2D eigenvalue weighted by Crippen LogP contribution is 2.27. The first-order valence-corrected chi connectivity index (χ1v) is 7.96. The molecule has 0 heterocycles. The lowest BCUT2D eigenvalue weighted by molar-refractivity contribution is 0.100. The maximum Gasteiger partial charge on any atom is 0.122 e. The van der Waals surface area contributed by atoms with Gasteiger partial charge in [-0.05, 0) is 29.5 Å². The molecule has 1 aromatic rings. The van der Waals surface area contributed by atoms with E-state index in [1.54, 1.807) is 7.11 Å². The summed E-state index contributed by atoms with van der Waals surface area (Å²) in [5.74, 6) is 0.940. The van der Waals surface area contributed by atoms with Gasteiger partial charge in [-0.2, -0.15) is 0 Å². The van der Waals surface area contributed by atoms with Crippen LogP contribution in [0.5, 0.6) is 5.75 Å². The van der Waals surface area contributed by atoms with E-state index in [2.05, 4.69) is 51.2 Å². The van der Waals surface area contributed by atoms with Gasteiger partial charge in [0.1, 0.15) is 12.4 Å². The third-order valence-corrected chi connectivity index (χ3v) is 3.43. The number of rotatable bonds is 10. The number of hydrogen-bond donors (Lipinski definition) is 1. The van der Waals surface area contributed by atoms with Crippen molar-refractivity contribution in [1.29, 1.82) is 0 Å². The summed E-state index contributed by atoms with van der Waals surface area (Å²) in [5, 5.41) is 3.23. The highest BCUT2D eigenvalue weighted by molar-refractivity contribution is 5.38. The molecule has 0 saturated heterocycles. The molecular weight excluding hydrogens is 278 g/mol. The Morgan fingerprint density at radius 2 is 1.73 bits per heavy atom. The Kier molecular flexibility index (Phi) is 8.46. The predicted octanol–water partition coefficient (Wildman–Crippen LogP) is 2.92. The number of aryl methyl sites for hydroxylation is 1. The minimum absolute atomic E-state index is 0.169. The van der Waals surface area contributed by atoms with E-state index in [-0.39, 0.29) is 5.41 Å². The summed E-state index contributed by atoms with van der Waals surface area (Å²) < 4.78 is 16.3. The van der Waals surface area contributed by atoms with Gasteiger partial charge >= 0.3 is 0 Å². The van der Waals surface area contributed by atoms with Crippen LogP contribution in [0.25, 0.3) is 0 Å². The smallest absolute Gasteiger partial charge is 0.122 e. The first-order chi connectivity index (χ1) is 10.4. The summed E-state index contributed by atoms with van der Waals surface area (Å²) in [7, 11) is 1.70. The Balaban J connectivity index is 2.20. The van der Waals surface area contributed by atoms with Crippen LogP contribution in [0.3, 0.4) is 0 Å². The number of hydrogen-bond acceptors (Lipinski definition) is 4. The van der Waals surface area contributed by atoms with E-state index >= 15 is 0 Å². The molecular formula is C18H31NO3. The van der Waals surface area contributed by atoms with Crippen molar-refractivity contribution in [2.45, 2.75) is 33.1 Å². The van der Waals surface area contributed by atoms with Crippen molar-refractivity contribution in [3.05, 3.63) is 29.3 Å². The molecule has 1 aromatic carbocycles. The Bertz CT molecular complexity index is 427. The van der Waals surface area contributed by atoms with Crippen LogP contribution in [-0.2, 0) is 14.9 Å². The molecule has 0 aliphatic rings. The van der Waals surface area contributed by atoms with E-state index in [1.165, 1.54) is 11.1 Å². The molecule has 126 valence electrons. The molecule has 0 fully saturated rings. The summed E-state index contributed by atoms with van der Waals surface area (Å²) in [6, 6.07) is 6.40. The monoisotopic (exact) mass is 309 g/mol. The fourth-order valence-corrected chi connectivity index (χ4v) is 2.03. The van der Waals surface area contributed by atoms with Gasteiger partial charge in [0.25, 0.3) is 0 Å². The first kappa shape index (κ1) is 18.9. The molecule has 0 amide bonds. The van der Waals surface area contributed by atoms with Gasteiger partial charge in [0.15, 0.2) is 0 Å². The van der Waals surface area contributed by atoms with Crippen LogP contribution < -0.4 is 10.1 Å². The van der Waals surface area contributed by atoms with Crippen LogP contribution in [0.2, 0.25) is 0 Å². The van der Waals surface area contributed by atoms with Gasteiger partial charge in [0, 0.05) is 20.2 Å². The second kappa shape index (κ2) is 9.82. The zero-order valence-corrected chi connectivity index (χ0v) is 14.7. The van der Waals surface area contributed by atoms with E-state index in [4.69, 9.17) is 14.2 Å². The van der Waals surface area contributed by atoms with Crippen molar-refractivity contribution in [2.75, 3.05) is 46.6 Å². The third-order valence-electron chi connectivity index (χ3n) is 3.43. The number of methoxy groups -OCH3 is 1. The quantitative estimate of drug-likeness (QED) is 0.675. The largest absolute Gasteiger partial charge is 0.491 e. The maximum absolute atomic E-state index is 5.78. The molecule has 1 rings (SSSR count). The molecule has 0 spiro atoms. The molecule has 0 bridgehead atoms. The van der Waals surface area contributed by atoms with Gasteiger partial charge < -0.3 is 19.5 Å². The molecule has 0 atom stereocenters. The van der Waals surface area contributed by atoms with Crippen molar-refractivity contribution in [2.24, 2.45) is 0 Å². The minimum Gasteiger partial charge on any atom is -0.491 e. The molecule has 0 aromatic heterocycles. The fourth-order valence-electron chi connectivity index (χ4n) is 2.03. The van der Waals surface area contributed by atoms with Crippen molar-refractivity contribution in [1.82, 2.24) is 5.32 Å².